The number of rotatable bonds is 1. The molecule has 3 aromatic carbocycles. The van der Waals surface area contributed by atoms with Gasteiger partial charge in [0.25, 0.3) is 0 Å². The third kappa shape index (κ3) is 1.70. The monoisotopic (exact) mass is 329 g/mol. The van der Waals surface area contributed by atoms with Crippen LogP contribution in [0.2, 0.25) is 5.02 Å². The molecule has 0 radical (unpaired) electrons. The number of hydrogen-bond donors (Lipinski definition) is 1. The second-order valence-electron chi connectivity index (χ2n) is 4.95. The van der Waals surface area contributed by atoms with Gasteiger partial charge in [-0.05, 0) is 23.6 Å². The van der Waals surface area contributed by atoms with Crippen LogP contribution < -0.4 is 0 Å². The fourth-order valence-electron chi connectivity index (χ4n) is 2.79. The molecule has 1 N–H and O–H groups in total. The minimum Gasteiger partial charge on any atom is -0.502 e. The zero-order chi connectivity index (χ0) is 15.4. The molecule has 0 fully saturated rings. The largest absolute Gasteiger partial charge is 0.502 e. The summed E-state index contributed by atoms with van der Waals surface area (Å²) in [6, 6.07) is 12.4. The highest BCUT2D eigenvalue weighted by molar-refractivity contribution is 7.26. The number of fused-ring (bicyclic) bond motifs is 5. The highest BCUT2D eigenvalue weighted by Gasteiger charge is 2.21. The number of phenolic OH excluding ortho intramolecular Hbond substituents is 1. The summed E-state index contributed by atoms with van der Waals surface area (Å²) in [5, 5.41) is 24.9. The van der Waals surface area contributed by atoms with Gasteiger partial charge in [-0.15, -0.1) is 11.3 Å². The molecule has 0 spiro atoms. The Kier molecular flexibility index (Phi) is 2.76. The number of nitrogens with zero attached hydrogens (tertiary/aromatic N) is 1. The second kappa shape index (κ2) is 4.56. The van der Waals surface area contributed by atoms with Crippen LogP contribution in [0.3, 0.4) is 0 Å². The van der Waals surface area contributed by atoms with E-state index in [1.807, 2.05) is 24.3 Å². The van der Waals surface area contributed by atoms with E-state index in [0.29, 0.717) is 15.8 Å². The summed E-state index contributed by atoms with van der Waals surface area (Å²) in [5.74, 6) is -0.312. The summed E-state index contributed by atoms with van der Waals surface area (Å²) < 4.78 is 1.85. The van der Waals surface area contributed by atoms with Gasteiger partial charge in [0.15, 0.2) is 0 Å². The molecule has 0 aliphatic rings. The Morgan fingerprint density at radius 3 is 2.68 bits per heavy atom. The zero-order valence-electron chi connectivity index (χ0n) is 11.0. The smallest absolute Gasteiger partial charge is 0.311 e. The van der Waals surface area contributed by atoms with Gasteiger partial charge in [0.1, 0.15) is 0 Å². The Morgan fingerprint density at radius 2 is 1.91 bits per heavy atom. The molecule has 4 aromatic rings. The number of aromatic hydroxyl groups is 1. The molecule has 22 heavy (non-hydrogen) atoms. The van der Waals surface area contributed by atoms with Gasteiger partial charge in [0, 0.05) is 26.9 Å². The van der Waals surface area contributed by atoms with Crippen molar-refractivity contribution in [2.45, 2.75) is 0 Å². The summed E-state index contributed by atoms with van der Waals surface area (Å²) in [5.41, 5.74) is -0.300. The van der Waals surface area contributed by atoms with Crippen LogP contribution in [0.1, 0.15) is 0 Å². The average Bonchev–Trinajstić information content (AvgIpc) is 2.87. The Hall–Kier alpha value is -2.37. The zero-order valence-corrected chi connectivity index (χ0v) is 12.6. The van der Waals surface area contributed by atoms with Crippen LogP contribution in [0, 0.1) is 10.1 Å². The van der Waals surface area contributed by atoms with Crippen molar-refractivity contribution in [3.8, 4) is 5.75 Å². The standard InChI is InChI=1S/C16H8ClNO3S/c17-10-7-8-5-6-11(18(20)21)15(19)13(8)14-9-3-1-2-4-12(9)22-16(10)14/h1-7,19H. The first kappa shape index (κ1) is 13.3. The number of nitro groups is 1. The van der Waals surface area contributed by atoms with E-state index in [0.717, 1.165) is 20.2 Å². The molecule has 0 aliphatic carbocycles. The summed E-state index contributed by atoms with van der Waals surface area (Å²) in [7, 11) is 0. The van der Waals surface area contributed by atoms with Gasteiger partial charge in [-0.2, -0.15) is 0 Å². The van der Waals surface area contributed by atoms with Crippen molar-refractivity contribution in [2.24, 2.45) is 0 Å². The van der Waals surface area contributed by atoms with E-state index in [4.69, 9.17) is 11.6 Å². The van der Waals surface area contributed by atoms with Crippen LogP contribution in [-0.2, 0) is 0 Å². The summed E-state index contributed by atoms with van der Waals surface area (Å²) >= 11 is 7.87. The highest BCUT2D eigenvalue weighted by atomic mass is 35.5. The maximum Gasteiger partial charge on any atom is 0.311 e. The van der Waals surface area contributed by atoms with Gasteiger partial charge < -0.3 is 5.11 Å². The molecule has 0 saturated heterocycles. The summed E-state index contributed by atoms with van der Waals surface area (Å²) in [6.07, 6.45) is 0. The van der Waals surface area contributed by atoms with Crippen molar-refractivity contribution in [3.63, 3.8) is 0 Å². The Labute approximate surface area is 133 Å². The molecule has 0 amide bonds. The third-order valence-electron chi connectivity index (χ3n) is 3.73. The van der Waals surface area contributed by atoms with E-state index < -0.39 is 4.92 Å². The first-order valence-corrected chi connectivity index (χ1v) is 7.67. The van der Waals surface area contributed by atoms with Crippen LogP contribution in [0.15, 0.2) is 42.5 Å². The normalized spacial score (nSPS) is 11.5. The van der Waals surface area contributed by atoms with Crippen molar-refractivity contribution in [2.75, 3.05) is 0 Å². The third-order valence-corrected chi connectivity index (χ3v) is 5.34. The van der Waals surface area contributed by atoms with E-state index in [1.165, 1.54) is 17.4 Å². The SMILES string of the molecule is O=[N+]([O-])c1ccc2cc(Cl)c3sc4ccccc4c3c2c1O. The van der Waals surface area contributed by atoms with Crippen LogP contribution in [0.5, 0.6) is 5.75 Å². The van der Waals surface area contributed by atoms with Crippen LogP contribution in [0.4, 0.5) is 5.69 Å². The maximum atomic E-state index is 11.1. The topological polar surface area (TPSA) is 63.4 Å². The van der Waals surface area contributed by atoms with E-state index in [2.05, 4.69) is 0 Å². The minimum atomic E-state index is -0.580. The number of thiophene rings is 1. The minimum absolute atomic E-state index is 0.300. The maximum absolute atomic E-state index is 11.1. The van der Waals surface area contributed by atoms with E-state index in [-0.39, 0.29) is 11.4 Å². The van der Waals surface area contributed by atoms with Gasteiger partial charge in [-0.1, -0.05) is 29.8 Å². The van der Waals surface area contributed by atoms with E-state index in [1.54, 1.807) is 12.1 Å². The number of nitro benzene ring substituents is 1. The van der Waals surface area contributed by atoms with Crippen molar-refractivity contribution >= 4 is 59.6 Å². The van der Waals surface area contributed by atoms with Gasteiger partial charge in [0.05, 0.1) is 14.6 Å². The second-order valence-corrected chi connectivity index (χ2v) is 6.41. The predicted molar refractivity (Wildman–Crippen MR) is 90.2 cm³/mol. The average molecular weight is 330 g/mol. The Balaban J connectivity index is 2.35. The molecule has 1 aromatic heterocycles. The number of phenols is 1. The molecule has 4 rings (SSSR count). The van der Waals surface area contributed by atoms with Crippen LogP contribution in [0.25, 0.3) is 30.9 Å². The molecular weight excluding hydrogens is 322 g/mol. The summed E-state index contributed by atoms with van der Waals surface area (Å²) in [4.78, 5) is 10.5. The predicted octanol–water partition coefficient (Wildman–Crippen LogP) is 5.47. The van der Waals surface area contributed by atoms with Crippen molar-refractivity contribution in [1.29, 1.82) is 0 Å². The van der Waals surface area contributed by atoms with E-state index >= 15 is 0 Å². The van der Waals surface area contributed by atoms with Crippen molar-refractivity contribution in [1.82, 2.24) is 0 Å². The van der Waals surface area contributed by atoms with Crippen molar-refractivity contribution in [3.05, 3.63) is 57.6 Å². The molecule has 0 aliphatic heterocycles. The molecule has 0 unspecified atom stereocenters. The quantitative estimate of drug-likeness (QED) is 0.372. The first-order valence-electron chi connectivity index (χ1n) is 6.47. The fourth-order valence-corrected chi connectivity index (χ4v) is 4.23. The van der Waals surface area contributed by atoms with E-state index in [9.17, 15) is 15.2 Å². The Bertz CT molecular complexity index is 1090. The molecule has 0 bridgehead atoms. The lowest BCUT2D eigenvalue weighted by Crippen LogP contribution is -1.89. The van der Waals surface area contributed by atoms with Gasteiger partial charge in [0.2, 0.25) is 5.75 Å². The number of halogens is 1. The van der Waals surface area contributed by atoms with Crippen molar-refractivity contribution < 1.29 is 10.0 Å². The molecule has 4 nitrogen and oxygen atoms in total. The molecule has 1 heterocycles. The lowest BCUT2D eigenvalue weighted by Gasteiger charge is -2.06. The van der Waals surface area contributed by atoms with Crippen LogP contribution >= 0.6 is 22.9 Å². The van der Waals surface area contributed by atoms with Gasteiger partial charge >= 0.3 is 5.69 Å². The number of hydrogen-bond acceptors (Lipinski definition) is 4. The van der Waals surface area contributed by atoms with Gasteiger partial charge in [-0.3, -0.25) is 10.1 Å². The lowest BCUT2D eigenvalue weighted by atomic mass is 10.0. The molecule has 0 saturated carbocycles. The molecule has 6 heteroatoms. The summed E-state index contributed by atoms with van der Waals surface area (Å²) in [6.45, 7) is 0. The fraction of sp³-hybridized carbons (Fsp3) is 0. The molecule has 0 atom stereocenters. The van der Waals surface area contributed by atoms with Gasteiger partial charge in [-0.25, -0.2) is 0 Å². The lowest BCUT2D eigenvalue weighted by molar-refractivity contribution is -0.385. The highest BCUT2D eigenvalue weighted by Crippen LogP contribution is 2.47. The molecule has 108 valence electrons. The number of benzene rings is 3. The first-order chi connectivity index (χ1) is 10.6. The molecular formula is C16H8ClNO3S. The Morgan fingerprint density at radius 1 is 1.14 bits per heavy atom. The van der Waals surface area contributed by atoms with Crippen LogP contribution in [-0.4, -0.2) is 10.0 Å².